The average Bonchev–Trinajstić information content (AvgIpc) is 3.08. The number of unbranched alkanes of at least 4 members (excludes halogenated alkanes) is 1. The van der Waals surface area contributed by atoms with Crippen LogP contribution in [0, 0.1) is 3.57 Å². The van der Waals surface area contributed by atoms with Crippen molar-refractivity contribution in [2.24, 2.45) is 0 Å². The number of amides is 4. The van der Waals surface area contributed by atoms with Gasteiger partial charge < -0.3 is 15.7 Å². The molecule has 210 valence electrons. The Morgan fingerprint density at radius 2 is 1.76 bits per heavy atom. The fraction of sp³-hybridized carbons (Fsp3) is 0.593. The molecule has 1 aliphatic rings. The molecule has 0 aromatic heterocycles. The molecule has 2 atom stereocenters. The maximum atomic E-state index is 12.5. The number of likely N-dealkylation sites (tertiary alicyclic amines) is 1. The van der Waals surface area contributed by atoms with Gasteiger partial charge in [0.05, 0.1) is 5.25 Å². The molecular formula is C27H38IN3O6S. The van der Waals surface area contributed by atoms with Crippen molar-refractivity contribution in [3.8, 4) is 0 Å². The number of aryl methyl sites for hydroxylation is 1. The lowest BCUT2D eigenvalue weighted by Gasteiger charge is -2.21. The Morgan fingerprint density at radius 3 is 2.39 bits per heavy atom. The first kappa shape index (κ1) is 32.1. The third-order valence-corrected chi connectivity index (χ3v) is 8.00. The minimum atomic E-state index is -1.15. The van der Waals surface area contributed by atoms with Crippen molar-refractivity contribution in [1.82, 2.24) is 15.5 Å². The van der Waals surface area contributed by atoms with Gasteiger partial charge in [0.15, 0.2) is 0 Å². The van der Waals surface area contributed by atoms with E-state index in [1.165, 1.54) is 20.9 Å². The molecule has 0 bridgehead atoms. The molecule has 2 unspecified atom stereocenters. The van der Waals surface area contributed by atoms with Gasteiger partial charge in [-0.15, -0.1) is 11.8 Å². The highest BCUT2D eigenvalue weighted by Crippen LogP contribution is 2.34. The van der Waals surface area contributed by atoms with Crippen LogP contribution < -0.4 is 10.6 Å². The number of rotatable bonds is 15. The summed E-state index contributed by atoms with van der Waals surface area (Å²) < 4.78 is 1.00. The third-order valence-electron chi connectivity index (χ3n) is 5.92. The highest BCUT2D eigenvalue weighted by Gasteiger charge is 2.40. The number of imide groups is 1. The van der Waals surface area contributed by atoms with E-state index in [9.17, 15) is 29.1 Å². The topological polar surface area (TPSA) is 133 Å². The number of nitrogens with zero attached hydrogens (tertiary/aromatic N) is 1. The fourth-order valence-corrected chi connectivity index (χ4v) is 5.70. The van der Waals surface area contributed by atoms with E-state index < -0.39 is 23.2 Å². The van der Waals surface area contributed by atoms with E-state index in [4.69, 9.17) is 0 Å². The molecular weight excluding hydrogens is 621 g/mol. The maximum Gasteiger partial charge on any atom is 0.326 e. The number of hydrogen-bond acceptors (Lipinski definition) is 6. The SMILES string of the molecule is CC(C)(C)SC1CC(=O)N(CCC(=O)NC(CCCCNC(=O)CCCc2ccc(I)cc2)C(=O)O)C1=O. The first-order chi connectivity index (χ1) is 17.9. The smallest absolute Gasteiger partial charge is 0.326 e. The summed E-state index contributed by atoms with van der Waals surface area (Å²) in [4.78, 5) is 61.9. The van der Waals surface area contributed by atoms with Crippen molar-refractivity contribution in [2.75, 3.05) is 13.1 Å². The van der Waals surface area contributed by atoms with E-state index in [2.05, 4.69) is 45.4 Å². The number of nitrogens with one attached hydrogen (secondary N) is 2. The monoisotopic (exact) mass is 659 g/mol. The third kappa shape index (κ3) is 11.7. The quantitative estimate of drug-likeness (QED) is 0.149. The molecule has 1 saturated heterocycles. The van der Waals surface area contributed by atoms with Gasteiger partial charge in [-0.25, -0.2) is 4.79 Å². The number of carbonyl (C=O) groups is 5. The number of hydrogen-bond donors (Lipinski definition) is 3. The fourth-order valence-electron chi connectivity index (χ4n) is 4.04. The first-order valence-corrected chi connectivity index (χ1v) is 14.9. The van der Waals surface area contributed by atoms with Gasteiger partial charge >= 0.3 is 5.97 Å². The van der Waals surface area contributed by atoms with Gasteiger partial charge in [0.25, 0.3) is 0 Å². The second-order valence-corrected chi connectivity index (χ2v) is 13.6. The highest BCUT2D eigenvalue weighted by atomic mass is 127. The molecule has 1 aliphatic heterocycles. The molecule has 1 aromatic rings. The van der Waals surface area contributed by atoms with Crippen LogP contribution in [0.1, 0.15) is 71.3 Å². The minimum absolute atomic E-state index is 0.0345. The molecule has 1 fully saturated rings. The molecule has 0 saturated carbocycles. The Labute approximate surface area is 242 Å². The van der Waals surface area contributed by atoms with E-state index in [-0.39, 0.29) is 48.3 Å². The Bertz CT molecular complexity index is 996. The van der Waals surface area contributed by atoms with Crippen LogP contribution in [0.2, 0.25) is 0 Å². The highest BCUT2D eigenvalue weighted by molar-refractivity contribution is 14.1. The Morgan fingerprint density at radius 1 is 1.08 bits per heavy atom. The van der Waals surface area contributed by atoms with E-state index >= 15 is 0 Å². The van der Waals surface area contributed by atoms with E-state index in [1.807, 2.05) is 32.9 Å². The molecule has 1 heterocycles. The van der Waals surface area contributed by atoms with Gasteiger partial charge in [0, 0.05) is 40.7 Å². The van der Waals surface area contributed by atoms with Crippen molar-refractivity contribution in [2.45, 2.75) is 88.2 Å². The summed E-state index contributed by atoms with van der Waals surface area (Å²) in [6.45, 7) is 6.29. The predicted octanol–water partition coefficient (Wildman–Crippen LogP) is 3.52. The number of carbonyl (C=O) groups excluding carboxylic acids is 4. The van der Waals surface area contributed by atoms with Crippen molar-refractivity contribution in [3.63, 3.8) is 0 Å². The second kappa shape index (κ2) is 15.4. The standard InChI is InChI=1S/C27H38IN3O6S/c1-27(2,3)38-21-17-24(34)31(25(21)35)16-14-23(33)30-20(26(36)37)8-4-5-15-29-22(32)9-6-7-18-10-12-19(28)13-11-18/h10-13,20-21H,4-9,14-17H2,1-3H3,(H,29,32)(H,30,33)(H,36,37). The van der Waals surface area contributed by atoms with E-state index in [0.717, 1.165) is 17.7 Å². The predicted molar refractivity (Wildman–Crippen MR) is 156 cm³/mol. The first-order valence-electron chi connectivity index (χ1n) is 12.9. The van der Waals surface area contributed by atoms with Gasteiger partial charge in [0.1, 0.15) is 6.04 Å². The Balaban J connectivity index is 1.63. The number of aliphatic carboxylic acids is 1. The van der Waals surface area contributed by atoms with Crippen LogP contribution in [-0.2, 0) is 30.4 Å². The Hall–Kier alpha value is -2.15. The number of benzene rings is 1. The van der Waals surface area contributed by atoms with Gasteiger partial charge in [0.2, 0.25) is 23.6 Å². The lowest BCUT2D eigenvalue weighted by molar-refractivity contribution is -0.143. The van der Waals surface area contributed by atoms with Gasteiger partial charge in [-0.3, -0.25) is 24.1 Å². The van der Waals surface area contributed by atoms with Crippen molar-refractivity contribution in [3.05, 3.63) is 33.4 Å². The van der Waals surface area contributed by atoms with Crippen LogP contribution in [0.25, 0.3) is 0 Å². The molecule has 2 rings (SSSR count). The number of carboxylic acid groups (broad SMARTS) is 1. The van der Waals surface area contributed by atoms with Crippen LogP contribution in [0.3, 0.4) is 0 Å². The van der Waals surface area contributed by atoms with Crippen LogP contribution in [0.5, 0.6) is 0 Å². The largest absolute Gasteiger partial charge is 0.480 e. The molecule has 0 spiro atoms. The molecule has 11 heteroatoms. The molecule has 3 N–H and O–H groups in total. The van der Waals surface area contributed by atoms with Gasteiger partial charge in [-0.2, -0.15) is 0 Å². The second-order valence-electron chi connectivity index (χ2n) is 10.3. The summed E-state index contributed by atoms with van der Waals surface area (Å²) in [6.07, 6.45) is 3.30. The van der Waals surface area contributed by atoms with Gasteiger partial charge in [-0.05, 0) is 72.4 Å². The van der Waals surface area contributed by atoms with Crippen LogP contribution >= 0.6 is 34.4 Å². The normalized spacial score (nSPS) is 16.4. The van der Waals surface area contributed by atoms with Crippen molar-refractivity contribution in [1.29, 1.82) is 0 Å². The van der Waals surface area contributed by atoms with Crippen LogP contribution in [0.15, 0.2) is 24.3 Å². The lowest BCUT2D eigenvalue weighted by atomic mass is 10.1. The minimum Gasteiger partial charge on any atom is -0.480 e. The Kier molecular flexibility index (Phi) is 13.0. The summed E-state index contributed by atoms with van der Waals surface area (Å²) in [6, 6.07) is 7.14. The summed E-state index contributed by atoms with van der Waals surface area (Å²) in [5.41, 5.74) is 1.20. The van der Waals surface area contributed by atoms with Crippen LogP contribution in [-0.4, -0.2) is 68.7 Å². The lowest BCUT2D eigenvalue weighted by Crippen LogP contribution is -2.42. The van der Waals surface area contributed by atoms with E-state index in [1.54, 1.807) is 0 Å². The van der Waals surface area contributed by atoms with E-state index in [0.29, 0.717) is 25.8 Å². The average molecular weight is 660 g/mol. The maximum absolute atomic E-state index is 12.5. The number of thioether (sulfide) groups is 1. The molecule has 9 nitrogen and oxygen atoms in total. The molecule has 38 heavy (non-hydrogen) atoms. The summed E-state index contributed by atoms with van der Waals surface area (Å²) >= 11 is 3.68. The summed E-state index contributed by atoms with van der Waals surface area (Å²) in [5.74, 6) is -2.31. The summed E-state index contributed by atoms with van der Waals surface area (Å²) in [7, 11) is 0. The molecule has 4 amide bonds. The zero-order valence-corrected chi connectivity index (χ0v) is 25.2. The molecule has 0 aliphatic carbocycles. The zero-order valence-electron chi connectivity index (χ0n) is 22.3. The zero-order chi connectivity index (χ0) is 28.3. The number of carboxylic acids is 1. The van der Waals surface area contributed by atoms with Crippen molar-refractivity contribution >= 4 is 64.0 Å². The summed E-state index contributed by atoms with van der Waals surface area (Å²) in [5, 5.41) is 14.4. The van der Waals surface area contributed by atoms with Crippen LogP contribution in [0.4, 0.5) is 0 Å². The molecule has 1 aromatic carbocycles. The molecule has 0 radical (unpaired) electrons. The van der Waals surface area contributed by atoms with Gasteiger partial charge in [-0.1, -0.05) is 32.9 Å². The van der Waals surface area contributed by atoms with Crippen molar-refractivity contribution < 1.29 is 29.1 Å². The number of halogens is 1.